The summed E-state index contributed by atoms with van der Waals surface area (Å²) < 4.78 is 0. The molecule has 3 rings (SSSR count). The van der Waals surface area contributed by atoms with Crippen molar-refractivity contribution in [3.63, 3.8) is 0 Å². The maximum absolute atomic E-state index is 12.2. The molecular formula is C16H21N3O2. The predicted octanol–water partition coefficient (Wildman–Crippen LogP) is 1.66. The van der Waals surface area contributed by atoms with Gasteiger partial charge in [-0.2, -0.15) is 0 Å². The van der Waals surface area contributed by atoms with E-state index in [4.69, 9.17) is 0 Å². The first-order chi connectivity index (χ1) is 10.2. The molecule has 1 aromatic rings. The van der Waals surface area contributed by atoms with E-state index in [-0.39, 0.29) is 17.9 Å². The molecule has 2 aliphatic rings. The number of hydrogen-bond acceptors (Lipinski definition) is 3. The largest absolute Gasteiger partial charge is 0.349 e. The van der Waals surface area contributed by atoms with Gasteiger partial charge in [-0.1, -0.05) is 12.5 Å². The average Bonchev–Trinajstić information content (AvgIpc) is 3.32. The fourth-order valence-electron chi connectivity index (χ4n) is 2.54. The molecule has 1 saturated heterocycles. The summed E-state index contributed by atoms with van der Waals surface area (Å²) in [5.41, 5.74) is 1.27. The van der Waals surface area contributed by atoms with Gasteiger partial charge in [0.05, 0.1) is 6.04 Å². The molecule has 5 heteroatoms. The van der Waals surface area contributed by atoms with Gasteiger partial charge in [0.15, 0.2) is 0 Å². The Morgan fingerprint density at radius 1 is 1.14 bits per heavy atom. The van der Waals surface area contributed by atoms with Crippen LogP contribution in [0.25, 0.3) is 0 Å². The Hall–Kier alpha value is -1.88. The summed E-state index contributed by atoms with van der Waals surface area (Å²) in [6, 6.07) is 7.33. The minimum Gasteiger partial charge on any atom is -0.349 e. The van der Waals surface area contributed by atoms with Crippen LogP contribution in [0.2, 0.25) is 0 Å². The summed E-state index contributed by atoms with van der Waals surface area (Å²) in [6.07, 6.45) is 5.20. The van der Waals surface area contributed by atoms with E-state index in [2.05, 4.69) is 16.0 Å². The Labute approximate surface area is 124 Å². The number of carbonyl (C=O) groups is 2. The summed E-state index contributed by atoms with van der Waals surface area (Å²) in [5.74, 6) is -0.0844. The molecule has 5 nitrogen and oxygen atoms in total. The Kier molecular flexibility index (Phi) is 4.20. The molecule has 1 heterocycles. The fraction of sp³-hybridized carbons (Fsp3) is 0.500. The van der Waals surface area contributed by atoms with Crippen LogP contribution < -0.4 is 16.0 Å². The van der Waals surface area contributed by atoms with Crippen molar-refractivity contribution < 1.29 is 9.59 Å². The van der Waals surface area contributed by atoms with Gasteiger partial charge >= 0.3 is 0 Å². The van der Waals surface area contributed by atoms with Crippen LogP contribution in [0.15, 0.2) is 24.3 Å². The van der Waals surface area contributed by atoms with E-state index in [1.165, 1.54) is 0 Å². The summed E-state index contributed by atoms with van der Waals surface area (Å²) in [7, 11) is 0. The Morgan fingerprint density at radius 3 is 2.71 bits per heavy atom. The Morgan fingerprint density at radius 2 is 2.00 bits per heavy atom. The summed E-state index contributed by atoms with van der Waals surface area (Å²) >= 11 is 0. The first kappa shape index (κ1) is 14.1. The average molecular weight is 287 g/mol. The molecule has 2 amide bonds. The van der Waals surface area contributed by atoms with Crippen molar-refractivity contribution in [3.05, 3.63) is 29.8 Å². The van der Waals surface area contributed by atoms with Crippen molar-refractivity contribution in [1.29, 1.82) is 0 Å². The molecule has 0 bridgehead atoms. The van der Waals surface area contributed by atoms with Crippen molar-refractivity contribution in [3.8, 4) is 0 Å². The summed E-state index contributed by atoms with van der Waals surface area (Å²) in [4.78, 5) is 24.2. The highest BCUT2D eigenvalue weighted by Gasteiger charge is 2.24. The third kappa shape index (κ3) is 3.82. The zero-order chi connectivity index (χ0) is 14.7. The second-order valence-electron chi connectivity index (χ2n) is 5.82. The fourth-order valence-corrected chi connectivity index (χ4v) is 2.54. The SMILES string of the molecule is O=C(NC1CC1)c1cccc(NC(=O)[C@H]2CCCCN2)c1. The second kappa shape index (κ2) is 6.26. The minimum atomic E-state index is -0.123. The molecule has 3 N–H and O–H groups in total. The number of anilines is 1. The van der Waals surface area contributed by atoms with E-state index in [0.29, 0.717) is 17.3 Å². The molecule has 0 unspecified atom stereocenters. The minimum absolute atomic E-state index is 0.0190. The van der Waals surface area contributed by atoms with Crippen LogP contribution in [0, 0.1) is 0 Å². The first-order valence-corrected chi connectivity index (χ1v) is 7.67. The first-order valence-electron chi connectivity index (χ1n) is 7.67. The summed E-state index contributed by atoms with van der Waals surface area (Å²) in [5, 5.41) is 9.06. The molecule has 0 spiro atoms. The van der Waals surface area contributed by atoms with Crippen LogP contribution in [0.3, 0.4) is 0 Å². The second-order valence-corrected chi connectivity index (χ2v) is 5.82. The molecule has 2 fully saturated rings. The number of benzene rings is 1. The lowest BCUT2D eigenvalue weighted by Gasteiger charge is -2.22. The Bertz CT molecular complexity index is 534. The summed E-state index contributed by atoms with van der Waals surface area (Å²) in [6.45, 7) is 0.891. The van der Waals surface area contributed by atoms with Gasteiger partial charge in [0, 0.05) is 17.3 Å². The number of hydrogen-bond donors (Lipinski definition) is 3. The molecule has 1 saturated carbocycles. The lowest BCUT2D eigenvalue weighted by atomic mass is 10.0. The number of piperidine rings is 1. The van der Waals surface area contributed by atoms with E-state index in [1.807, 2.05) is 6.07 Å². The topological polar surface area (TPSA) is 70.2 Å². The van der Waals surface area contributed by atoms with Crippen molar-refractivity contribution in [2.75, 3.05) is 11.9 Å². The monoisotopic (exact) mass is 287 g/mol. The van der Waals surface area contributed by atoms with Crippen molar-refractivity contribution in [2.24, 2.45) is 0 Å². The zero-order valence-corrected chi connectivity index (χ0v) is 12.0. The molecule has 1 aromatic carbocycles. The van der Waals surface area contributed by atoms with Crippen LogP contribution in [-0.4, -0.2) is 30.4 Å². The van der Waals surface area contributed by atoms with E-state index >= 15 is 0 Å². The van der Waals surface area contributed by atoms with Gasteiger partial charge in [0.1, 0.15) is 0 Å². The van der Waals surface area contributed by atoms with E-state index in [0.717, 1.165) is 38.6 Å². The third-order valence-corrected chi connectivity index (χ3v) is 3.93. The van der Waals surface area contributed by atoms with E-state index in [1.54, 1.807) is 18.2 Å². The predicted molar refractivity (Wildman–Crippen MR) is 81.2 cm³/mol. The van der Waals surface area contributed by atoms with Crippen LogP contribution in [-0.2, 0) is 4.79 Å². The van der Waals surface area contributed by atoms with Gasteiger partial charge in [-0.15, -0.1) is 0 Å². The van der Waals surface area contributed by atoms with Gasteiger partial charge in [-0.3, -0.25) is 9.59 Å². The van der Waals surface area contributed by atoms with Gasteiger partial charge < -0.3 is 16.0 Å². The van der Waals surface area contributed by atoms with Crippen LogP contribution in [0.4, 0.5) is 5.69 Å². The van der Waals surface area contributed by atoms with Crippen molar-refractivity contribution in [1.82, 2.24) is 10.6 Å². The molecular weight excluding hydrogens is 266 g/mol. The normalized spacial score (nSPS) is 21.6. The number of amides is 2. The number of nitrogens with one attached hydrogen (secondary N) is 3. The van der Waals surface area contributed by atoms with Crippen LogP contribution in [0.1, 0.15) is 42.5 Å². The van der Waals surface area contributed by atoms with Crippen molar-refractivity contribution in [2.45, 2.75) is 44.2 Å². The van der Waals surface area contributed by atoms with Crippen molar-refractivity contribution >= 4 is 17.5 Å². The molecule has 0 radical (unpaired) electrons. The number of carbonyl (C=O) groups excluding carboxylic acids is 2. The quantitative estimate of drug-likeness (QED) is 0.789. The molecule has 1 aliphatic carbocycles. The van der Waals surface area contributed by atoms with Gasteiger partial charge in [-0.05, 0) is 50.4 Å². The zero-order valence-electron chi connectivity index (χ0n) is 12.0. The lowest BCUT2D eigenvalue weighted by molar-refractivity contribution is -0.118. The van der Waals surface area contributed by atoms with E-state index < -0.39 is 0 Å². The third-order valence-electron chi connectivity index (χ3n) is 3.93. The van der Waals surface area contributed by atoms with E-state index in [9.17, 15) is 9.59 Å². The van der Waals surface area contributed by atoms with Gasteiger partial charge in [-0.25, -0.2) is 0 Å². The molecule has 1 aliphatic heterocycles. The maximum atomic E-state index is 12.2. The standard InChI is InChI=1S/C16H21N3O2/c20-15(18-12-7-8-12)11-4-3-5-13(10-11)19-16(21)14-6-1-2-9-17-14/h3-5,10,12,14,17H,1-2,6-9H2,(H,18,20)(H,19,21)/t14-/m1/s1. The Balaban J connectivity index is 1.61. The number of rotatable bonds is 4. The highest BCUT2D eigenvalue weighted by atomic mass is 16.2. The van der Waals surface area contributed by atoms with Crippen LogP contribution in [0.5, 0.6) is 0 Å². The maximum Gasteiger partial charge on any atom is 0.251 e. The van der Waals surface area contributed by atoms with Gasteiger partial charge in [0.2, 0.25) is 5.91 Å². The smallest absolute Gasteiger partial charge is 0.251 e. The molecule has 21 heavy (non-hydrogen) atoms. The molecule has 1 atom stereocenters. The highest BCUT2D eigenvalue weighted by molar-refractivity contribution is 5.98. The lowest BCUT2D eigenvalue weighted by Crippen LogP contribution is -2.43. The molecule has 112 valence electrons. The van der Waals surface area contributed by atoms with Crippen LogP contribution >= 0.6 is 0 Å². The highest BCUT2D eigenvalue weighted by Crippen LogP contribution is 2.20. The molecule has 0 aromatic heterocycles. The van der Waals surface area contributed by atoms with Gasteiger partial charge in [0.25, 0.3) is 5.91 Å².